The highest BCUT2D eigenvalue weighted by molar-refractivity contribution is 6.31. The first-order valence-corrected chi connectivity index (χ1v) is 8.69. The van der Waals surface area contributed by atoms with E-state index >= 15 is 0 Å². The van der Waals surface area contributed by atoms with Crippen molar-refractivity contribution in [3.63, 3.8) is 0 Å². The molecule has 3 N–H and O–H groups in total. The third-order valence-electron chi connectivity index (χ3n) is 4.33. The predicted octanol–water partition coefficient (Wildman–Crippen LogP) is 2.57. The zero-order valence-electron chi connectivity index (χ0n) is 14.3. The number of halogens is 1. The van der Waals surface area contributed by atoms with Crippen LogP contribution >= 0.6 is 11.6 Å². The smallest absolute Gasteiger partial charge is 0.275 e. The molecule has 0 bridgehead atoms. The molecule has 0 unspecified atom stereocenters. The molecule has 0 aromatic heterocycles. The minimum Gasteiger partial charge on any atom is -0.454 e. The van der Waals surface area contributed by atoms with Gasteiger partial charge in [-0.1, -0.05) is 35.9 Å². The Kier molecular flexibility index (Phi) is 5.46. The summed E-state index contributed by atoms with van der Waals surface area (Å²) in [6.07, 6.45) is 0. The van der Waals surface area contributed by atoms with Crippen LogP contribution < -0.4 is 20.1 Å². The lowest BCUT2D eigenvalue weighted by molar-refractivity contribution is -0.682. The molecule has 0 radical (unpaired) electrons. The Morgan fingerprint density at radius 2 is 1.96 bits per heavy atom. The number of amides is 1. The van der Waals surface area contributed by atoms with Crippen LogP contribution in [0.25, 0.3) is 0 Å². The molecule has 132 valence electrons. The molecular weight excluding hydrogens is 340 g/mol. The minimum absolute atomic E-state index is 0.0240. The van der Waals surface area contributed by atoms with E-state index in [1.807, 2.05) is 61.6 Å². The highest BCUT2D eigenvalue weighted by Gasteiger charge is 2.18. The second kappa shape index (κ2) is 7.76. The first-order valence-electron chi connectivity index (χ1n) is 8.31. The number of nitrogens with two attached hydrogens (primary N) is 1. The van der Waals surface area contributed by atoms with E-state index in [-0.39, 0.29) is 24.8 Å². The normalized spacial score (nSPS) is 14.8. The lowest BCUT2D eigenvalue weighted by atomic mass is 10.1. The molecule has 1 amide bonds. The van der Waals surface area contributed by atoms with Crippen LogP contribution in [-0.4, -0.2) is 19.2 Å². The monoisotopic (exact) mass is 361 g/mol. The first kappa shape index (κ1) is 17.6. The van der Waals surface area contributed by atoms with Crippen molar-refractivity contribution in [3.05, 3.63) is 58.6 Å². The average Bonchev–Trinajstić information content (AvgIpc) is 3.07. The molecule has 1 aliphatic heterocycles. The summed E-state index contributed by atoms with van der Waals surface area (Å²) in [5.41, 5.74) is 2.01. The summed E-state index contributed by atoms with van der Waals surface area (Å²) in [6, 6.07) is 13.4. The average molecular weight is 362 g/mol. The SMILES string of the molecule is C[C@@H](NC(=O)C[NH2+][C@H](C)c1ccccc1Cl)c1ccc2c(c1)OCO2. The molecule has 25 heavy (non-hydrogen) atoms. The van der Waals surface area contributed by atoms with Crippen molar-refractivity contribution in [2.24, 2.45) is 0 Å². The Morgan fingerprint density at radius 1 is 1.20 bits per heavy atom. The molecule has 0 aliphatic carbocycles. The topological polar surface area (TPSA) is 64.2 Å². The van der Waals surface area contributed by atoms with Gasteiger partial charge in [-0.15, -0.1) is 0 Å². The second-order valence-electron chi connectivity index (χ2n) is 6.15. The first-order chi connectivity index (χ1) is 12.0. The third-order valence-corrected chi connectivity index (χ3v) is 4.67. The number of nitrogens with one attached hydrogen (secondary N) is 1. The minimum atomic E-state index is -0.106. The van der Waals surface area contributed by atoms with Gasteiger partial charge in [0.25, 0.3) is 5.91 Å². The summed E-state index contributed by atoms with van der Waals surface area (Å²) in [5.74, 6) is 1.44. The Morgan fingerprint density at radius 3 is 2.76 bits per heavy atom. The number of benzene rings is 2. The van der Waals surface area contributed by atoms with Gasteiger partial charge in [-0.25, -0.2) is 0 Å². The van der Waals surface area contributed by atoms with Gasteiger partial charge in [-0.05, 0) is 37.6 Å². The van der Waals surface area contributed by atoms with Crippen molar-refractivity contribution in [1.82, 2.24) is 5.32 Å². The van der Waals surface area contributed by atoms with Crippen LogP contribution in [0.5, 0.6) is 11.5 Å². The number of hydrogen-bond acceptors (Lipinski definition) is 3. The van der Waals surface area contributed by atoms with Gasteiger partial charge in [0.1, 0.15) is 6.04 Å². The van der Waals surface area contributed by atoms with Crippen molar-refractivity contribution in [2.45, 2.75) is 25.9 Å². The molecule has 3 rings (SSSR count). The molecule has 2 aromatic carbocycles. The predicted molar refractivity (Wildman–Crippen MR) is 95.8 cm³/mol. The van der Waals surface area contributed by atoms with Gasteiger partial charge in [0.2, 0.25) is 6.79 Å². The van der Waals surface area contributed by atoms with Gasteiger partial charge >= 0.3 is 0 Å². The van der Waals surface area contributed by atoms with Gasteiger partial charge in [0.05, 0.1) is 6.04 Å². The van der Waals surface area contributed by atoms with Gasteiger partial charge in [0, 0.05) is 10.6 Å². The Labute approximate surface area is 152 Å². The van der Waals surface area contributed by atoms with E-state index in [0.29, 0.717) is 6.54 Å². The molecule has 0 spiro atoms. The second-order valence-corrected chi connectivity index (χ2v) is 6.56. The van der Waals surface area contributed by atoms with E-state index in [9.17, 15) is 4.79 Å². The molecule has 0 saturated heterocycles. The van der Waals surface area contributed by atoms with Crippen molar-refractivity contribution in [1.29, 1.82) is 0 Å². The molecule has 5 nitrogen and oxygen atoms in total. The summed E-state index contributed by atoms with van der Waals surface area (Å²) >= 11 is 6.20. The van der Waals surface area contributed by atoms with Gasteiger partial charge in [-0.2, -0.15) is 0 Å². The van der Waals surface area contributed by atoms with Gasteiger partial charge < -0.3 is 20.1 Å². The number of ether oxygens (including phenoxy) is 2. The fourth-order valence-corrected chi connectivity index (χ4v) is 3.13. The van der Waals surface area contributed by atoms with Crippen molar-refractivity contribution in [3.8, 4) is 11.5 Å². The summed E-state index contributed by atoms with van der Waals surface area (Å²) < 4.78 is 10.7. The molecule has 1 heterocycles. The molecule has 0 fully saturated rings. The van der Waals surface area contributed by atoms with Crippen LogP contribution in [0.4, 0.5) is 0 Å². The highest BCUT2D eigenvalue weighted by Crippen LogP contribution is 2.34. The van der Waals surface area contributed by atoms with E-state index in [1.165, 1.54) is 0 Å². The molecule has 1 aliphatic rings. The zero-order valence-corrected chi connectivity index (χ0v) is 15.0. The number of rotatable bonds is 6. The van der Waals surface area contributed by atoms with Crippen molar-refractivity contribution in [2.75, 3.05) is 13.3 Å². The molecule has 2 atom stereocenters. The Balaban J connectivity index is 1.53. The maximum Gasteiger partial charge on any atom is 0.275 e. The number of hydrogen-bond donors (Lipinski definition) is 2. The van der Waals surface area contributed by atoms with Crippen LogP contribution in [0.15, 0.2) is 42.5 Å². The van der Waals surface area contributed by atoms with Crippen molar-refractivity contribution < 1.29 is 19.6 Å². The summed E-state index contributed by atoms with van der Waals surface area (Å²) in [5, 5.41) is 5.71. The molecular formula is C19H22ClN2O3+. The van der Waals surface area contributed by atoms with Crippen molar-refractivity contribution >= 4 is 17.5 Å². The van der Waals surface area contributed by atoms with Gasteiger partial charge in [-0.3, -0.25) is 4.79 Å². The lowest BCUT2D eigenvalue weighted by Crippen LogP contribution is -2.87. The van der Waals surface area contributed by atoms with Gasteiger partial charge in [0.15, 0.2) is 18.0 Å². The lowest BCUT2D eigenvalue weighted by Gasteiger charge is -2.16. The van der Waals surface area contributed by atoms with E-state index < -0.39 is 0 Å². The summed E-state index contributed by atoms with van der Waals surface area (Å²) in [7, 11) is 0. The molecule has 6 heteroatoms. The largest absolute Gasteiger partial charge is 0.454 e. The summed E-state index contributed by atoms with van der Waals surface area (Å²) in [6.45, 7) is 4.57. The quantitative estimate of drug-likeness (QED) is 0.831. The Bertz CT molecular complexity index is 766. The van der Waals surface area contributed by atoms with E-state index in [2.05, 4.69) is 5.32 Å². The van der Waals surface area contributed by atoms with Crippen LogP contribution in [0.2, 0.25) is 5.02 Å². The molecule has 0 saturated carbocycles. The van der Waals surface area contributed by atoms with Crippen LogP contribution in [0.1, 0.15) is 37.1 Å². The highest BCUT2D eigenvalue weighted by atomic mass is 35.5. The van der Waals surface area contributed by atoms with E-state index in [1.54, 1.807) is 0 Å². The third kappa shape index (κ3) is 4.24. The number of carbonyl (C=O) groups is 1. The van der Waals surface area contributed by atoms with E-state index in [0.717, 1.165) is 27.6 Å². The fraction of sp³-hybridized carbons (Fsp3) is 0.316. The number of carbonyl (C=O) groups excluding carboxylic acids is 1. The maximum atomic E-state index is 12.2. The van der Waals surface area contributed by atoms with Crippen LogP contribution in [0.3, 0.4) is 0 Å². The fourth-order valence-electron chi connectivity index (χ4n) is 2.82. The summed E-state index contributed by atoms with van der Waals surface area (Å²) in [4.78, 5) is 12.2. The zero-order chi connectivity index (χ0) is 17.8. The van der Waals surface area contributed by atoms with E-state index in [4.69, 9.17) is 21.1 Å². The maximum absolute atomic E-state index is 12.2. The van der Waals surface area contributed by atoms with Crippen LogP contribution in [0, 0.1) is 0 Å². The van der Waals surface area contributed by atoms with Crippen LogP contribution in [-0.2, 0) is 4.79 Å². The number of quaternary nitrogens is 1. The number of fused-ring (bicyclic) bond motifs is 1. The standard InChI is InChI=1S/C19H21ClN2O3/c1-12(14-7-8-17-18(9-14)25-11-24-17)22-19(23)10-21-13(2)15-5-3-4-6-16(15)20/h3-9,12-13,21H,10-11H2,1-2H3,(H,22,23)/p+1/t12-,13-/m1/s1. The molecule has 2 aromatic rings. The Hall–Kier alpha value is -2.24.